The van der Waals surface area contributed by atoms with E-state index in [1.807, 2.05) is 0 Å². The Hall–Kier alpha value is -4.42. The summed E-state index contributed by atoms with van der Waals surface area (Å²) in [6, 6.07) is 12.7. The Morgan fingerprint density at radius 3 is 2.17 bits per heavy atom. The van der Waals surface area contributed by atoms with E-state index in [1.165, 1.54) is 7.11 Å². The van der Waals surface area contributed by atoms with Crippen LogP contribution in [0, 0.1) is 5.41 Å². The summed E-state index contributed by atoms with van der Waals surface area (Å²) < 4.78 is 46.3. The zero-order chi connectivity index (χ0) is 29.7. The number of alkyl halides is 3. The largest absolute Gasteiger partial charge is 0.497 e. The smallest absolute Gasteiger partial charge is 0.491 e. The molecule has 13 heteroatoms. The van der Waals surface area contributed by atoms with Gasteiger partial charge in [-0.25, -0.2) is 4.79 Å². The summed E-state index contributed by atoms with van der Waals surface area (Å²) >= 11 is 0. The summed E-state index contributed by atoms with van der Waals surface area (Å²) in [7, 11) is 1.52. The Morgan fingerprint density at radius 2 is 1.60 bits per heavy atom. The highest BCUT2D eigenvalue weighted by molar-refractivity contribution is 5.95. The number of hydrogen-bond donors (Lipinski definition) is 4. The van der Waals surface area contributed by atoms with E-state index in [2.05, 4.69) is 15.4 Å². The molecule has 0 saturated carbocycles. The topological polar surface area (TPSA) is 161 Å². The third-order valence-corrected chi connectivity index (χ3v) is 5.70. The maximum Gasteiger partial charge on any atom is 0.491 e. The van der Waals surface area contributed by atoms with E-state index in [1.54, 1.807) is 48.5 Å². The van der Waals surface area contributed by atoms with Crippen molar-refractivity contribution < 1.29 is 41.8 Å². The molecule has 0 aliphatic heterocycles. The molecule has 0 aliphatic carbocycles. The van der Waals surface area contributed by atoms with Crippen molar-refractivity contribution in [1.82, 2.24) is 10.6 Å². The Balaban J connectivity index is 1.88. The third-order valence-electron chi connectivity index (χ3n) is 5.70. The number of ether oxygens (including phenoxy) is 2. The van der Waals surface area contributed by atoms with Gasteiger partial charge >= 0.3 is 18.1 Å². The van der Waals surface area contributed by atoms with Gasteiger partial charge in [-0.15, -0.1) is 0 Å². The normalized spacial score (nSPS) is 11.7. The molecular weight excluding hydrogens is 533 g/mol. The number of rotatable bonds is 14. The molecule has 1 unspecified atom stereocenters. The maximum atomic E-state index is 12.5. The molecule has 216 valence electrons. The van der Waals surface area contributed by atoms with Crippen molar-refractivity contribution >= 4 is 29.6 Å². The SMILES string of the molecule is COc1ccc(CCC(=O)NC(CCCNC(=O)Cc2ccc(C(=N)N)cc2)CC(=O)OC(=O)C(F)(F)F)cc1. The number of aryl methyl sites for hydroxylation is 1. The van der Waals surface area contributed by atoms with Crippen molar-refractivity contribution in [3.63, 3.8) is 0 Å². The zero-order valence-corrected chi connectivity index (χ0v) is 21.8. The van der Waals surface area contributed by atoms with Crippen LogP contribution in [0.3, 0.4) is 0 Å². The first-order valence-electron chi connectivity index (χ1n) is 12.3. The highest BCUT2D eigenvalue weighted by Crippen LogP contribution is 2.17. The summed E-state index contributed by atoms with van der Waals surface area (Å²) in [5, 5.41) is 12.7. The van der Waals surface area contributed by atoms with E-state index in [-0.39, 0.29) is 44.0 Å². The standard InChI is InChI=1S/C27H31F3N4O6/c1-39-21-11-6-17(7-12-21)8-13-22(35)34-20(16-24(37)40-26(38)27(28,29)30)3-2-14-33-23(36)15-18-4-9-19(10-5-18)25(31)32/h4-7,9-12,20H,2-3,8,13-16H2,1H3,(H3,31,32)(H,33,36)(H,34,35). The Bertz CT molecular complexity index is 1180. The summed E-state index contributed by atoms with van der Waals surface area (Å²) in [4.78, 5) is 47.7. The highest BCUT2D eigenvalue weighted by Gasteiger charge is 2.42. The highest BCUT2D eigenvalue weighted by atomic mass is 19.4. The van der Waals surface area contributed by atoms with E-state index in [0.29, 0.717) is 23.3 Å². The zero-order valence-electron chi connectivity index (χ0n) is 21.8. The molecule has 0 aromatic heterocycles. The number of amidine groups is 1. The lowest BCUT2D eigenvalue weighted by Gasteiger charge is -2.18. The Labute approximate surface area is 228 Å². The van der Waals surface area contributed by atoms with E-state index in [0.717, 1.165) is 5.56 Å². The average Bonchev–Trinajstić information content (AvgIpc) is 2.89. The summed E-state index contributed by atoms with van der Waals surface area (Å²) in [5.41, 5.74) is 7.47. The predicted octanol–water partition coefficient (Wildman–Crippen LogP) is 2.56. The number of benzene rings is 2. The third kappa shape index (κ3) is 11.5. The number of methoxy groups -OCH3 is 1. The Kier molecular flexibility index (Phi) is 12.1. The minimum atomic E-state index is -5.33. The van der Waals surface area contributed by atoms with Crippen LogP contribution in [0.25, 0.3) is 0 Å². The van der Waals surface area contributed by atoms with Crippen molar-refractivity contribution in [3.8, 4) is 5.75 Å². The quantitative estimate of drug-likeness (QED) is 0.0902. The number of amides is 2. The van der Waals surface area contributed by atoms with Gasteiger partial charge in [0, 0.05) is 24.6 Å². The van der Waals surface area contributed by atoms with E-state index in [9.17, 15) is 32.3 Å². The van der Waals surface area contributed by atoms with Gasteiger partial charge in [-0.1, -0.05) is 36.4 Å². The first kappa shape index (κ1) is 31.8. The van der Waals surface area contributed by atoms with Crippen LogP contribution in [0.5, 0.6) is 5.75 Å². The lowest BCUT2D eigenvalue weighted by Crippen LogP contribution is -2.39. The molecule has 0 aliphatic rings. The number of carbonyl (C=O) groups excluding carboxylic acids is 4. The van der Waals surface area contributed by atoms with Gasteiger partial charge in [0.1, 0.15) is 11.6 Å². The van der Waals surface area contributed by atoms with Crippen molar-refractivity contribution in [2.45, 2.75) is 50.7 Å². The van der Waals surface area contributed by atoms with Crippen LogP contribution in [-0.4, -0.2) is 55.5 Å². The van der Waals surface area contributed by atoms with Crippen LogP contribution in [0.2, 0.25) is 0 Å². The van der Waals surface area contributed by atoms with Gasteiger partial charge in [0.05, 0.1) is 20.0 Å². The number of esters is 2. The molecule has 1 atom stereocenters. The number of nitrogens with one attached hydrogen (secondary N) is 3. The summed E-state index contributed by atoms with van der Waals surface area (Å²) in [6.45, 7) is 0.166. The molecule has 2 amide bonds. The van der Waals surface area contributed by atoms with Crippen LogP contribution in [0.15, 0.2) is 48.5 Å². The molecule has 10 nitrogen and oxygen atoms in total. The molecule has 5 N–H and O–H groups in total. The molecule has 40 heavy (non-hydrogen) atoms. The van der Waals surface area contributed by atoms with Gasteiger partial charge in [-0.05, 0) is 42.5 Å². The molecule has 0 fully saturated rings. The fraction of sp³-hybridized carbons (Fsp3) is 0.370. The lowest BCUT2D eigenvalue weighted by molar-refractivity contribution is -0.202. The van der Waals surface area contributed by atoms with Gasteiger partial charge in [0.15, 0.2) is 0 Å². The molecule has 0 radical (unpaired) electrons. The second kappa shape index (κ2) is 15.2. The first-order chi connectivity index (χ1) is 18.9. The molecule has 2 aromatic carbocycles. The molecule has 0 heterocycles. The van der Waals surface area contributed by atoms with E-state index >= 15 is 0 Å². The van der Waals surface area contributed by atoms with Gasteiger partial charge < -0.3 is 25.8 Å². The second-order valence-electron chi connectivity index (χ2n) is 8.86. The fourth-order valence-electron chi connectivity index (χ4n) is 3.61. The maximum absolute atomic E-state index is 12.5. The van der Waals surface area contributed by atoms with Crippen molar-refractivity contribution in [3.05, 3.63) is 65.2 Å². The van der Waals surface area contributed by atoms with E-state index < -0.39 is 36.5 Å². The lowest BCUT2D eigenvalue weighted by atomic mass is 10.1. The minimum absolute atomic E-state index is 0.0402. The molecular formula is C27H31F3N4O6. The van der Waals surface area contributed by atoms with Gasteiger partial charge in [-0.2, -0.15) is 13.2 Å². The number of hydrogen-bond acceptors (Lipinski definition) is 7. The van der Waals surface area contributed by atoms with Crippen LogP contribution < -0.4 is 21.1 Å². The van der Waals surface area contributed by atoms with Gasteiger partial charge in [0.2, 0.25) is 11.8 Å². The monoisotopic (exact) mass is 564 g/mol. The molecule has 2 aromatic rings. The summed E-state index contributed by atoms with van der Waals surface area (Å²) in [5.74, 6) is -4.26. The molecule has 0 bridgehead atoms. The number of nitrogens with two attached hydrogens (primary N) is 1. The molecule has 0 saturated heterocycles. The minimum Gasteiger partial charge on any atom is -0.497 e. The predicted molar refractivity (Wildman–Crippen MR) is 138 cm³/mol. The van der Waals surface area contributed by atoms with Crippen LogP contribution in [0.4, 0.5) is 13.2 Å². The van der Waals surface area contributed by atoms with Gasteiger partial charge in [-0.3, -0.25) is 19.8 Å². The number of nitrogen functional groups attached to an aromatic ring is 1. The van der Waals surface area contributed by atoms with Crippen molar-refractivity contribution in [1.29, 1.82) is 5.41 Å². The van der Waals surface area contributed by atoms with Gasteiger partial charge in [0.25, 0.3) is 0 Å². The van der Waals surface area contributed by atoms with Crippen molar-refractivity contribution in [2.75, 3.05) is 13.7 Å². The second-order valence-corrected chi connectivity index (χ2v) is 8.86. The van der Waals surface area contributed by atoms with Crippen LogP contribution >= 0.6 is 0 Å². The molecule has 0 spiro atoms. The average molecular weight is 565 g/mol. The summed E-state index contributed by atoms with van der Waals surface area (Å²) in [6.07, 6.45) is -5.12. The first-order valence-corrected chi connectivity index (χ1v) is 12.3. The molecule has 2 rings (SSSR count). The van der Waals surface area contributed by atoms with Crippen molar-refractivity contribution in [2.24, 2.45) is 5.73 Å². The van der Waals surface area contributed by atoms with E-state index in [4.69, 9.17) is 15.9 Å². The fourth-order valence-corrected chi connectivity index (χ4v) is 3.61. The van der Waals surface area contributed by atoms with Crippen LogP contribution in [-0.2, 0) is 36.8 Å². The Morgan fingerprint density at radius 1 is 0.975 bits per heavy atom. The van der Waals surface area contributed by atoms with Crippen LogP contribution in [0.1, 0.15) is 42.4 Å². The number of carbonyl (C=O) groups is 4. The number of halogens is 3.